The molecular formula is C21H31ClN3P. The van der Waals surface area contributed by atoms with Gasteiger partial charge in [0, 0.05) is 18.1 Å². The van der Waals surface area contributed by atoms with Crippen molar-refractivity contribution in [3.05, 3.63) is 46.5 Å². The third kappa shape index (κ3) is 5.49. The van der Waals surface area contributed by atoms with Crippen LogP contribution in [0.5, 0.6) is 0 Å². The lowest BCUT2D eigenvalue weighted by Crippen LogP contribution is -2.30. The largest absolute Gasteiger partial charge is 0.320 e. The SMILES string of the molecule is CNCCCCc1cnc(C)cc1P(c1cc(Cl)ncc1C)C(C)(C)C. The van der Waals surface area contributed by atoms with Gasteiger partial charge in [-0.2, -0.15) is 0 Å². The second-order valence-corrected chi connectivity index (χ2v) is 11.2. The average Bonchev–Trinajstić information content (AvgIpc) is 2.55. The van der Waals surface area contributed by atoms with E-state index >= 15 is 0 Å². The van der Waals surface area contributed by atoms with Gasteiger partial charge in [0.2, 0.25) is 0 Å². The number of halogens is 1. The summed E-state index contributed by atoms with van der Waals surface area (Å²) >= 11 is 6.27. The molecule has 0 aromatic carbocycles. The second kappa shape index (κ2) is 9.26. The molecule has 3 nitrogen and oxygen atoms in total. The minimum absolute atomic E-state index is 0.123. The first kappa shape index (κ1) is 21.3. The van der Waals surface area contributed by atoms with E-state index in [2.05, 4.69) is 68.2 Å². The fraction of sp³-hybridized carbons (Fsp3) is 0.524. The van der Waals surface area contributed by atoms with Crippen molar-refractivity contribution in [1.29, 1.82) is 0 Å². The second-order valence-electron chi connectivity index (χ2n) is 7.81. The fourth-order valence-electron chi connectivity index (χ4n) is 3.17. The number of rotatable bonds is 7. The molecule has 2 aromatic rings. The van der Waals surface area contributed by atoms with Crippen LogP contribution in [0.15, 0.2) is 24.5 Å². The quantitative estimate of drug-likeness (QED) is 0.428. The summed E-state index contributed by atoms with van der Waals surface area (Å²) in [7, 11) is 1.44. The van der Waals surface area contributed by atoms with Crippen LogP contribution in [0.4, 0.5) is 0 Å². The molecule has 0 aliphatic heterocycles. The molecule has 0 radical (unpaired) electrons. The lowest BCUT2D eigenvalue weighted by atomic mass is 10.1. The molecule has 142 valence electrons. The summed E-state index contributed by atoms with van der Waals surface area (Å²) in [6, 6.07) is 4.35. The Morgan fingerprint density at radius 3 is 2.42 bits per heavy atom. The number of hydrogen-bond donors (Lipinski definition) is 1. The van der Waals surface area contributed by atoms with Gasteiger partial charge < -0.3 is 5.32 Å². The van der Waals surface area contributed by atoms with Gasteiger partial charge in [-0.1, -0.05) is 32.4 Å². The fourth-order valence-corrected chi connectivity index (χ4v) is 6.55. The van der Waals surface area contributed by atoms with Crippen molar-refractivity contribution in [2.75, 3.05) is 13.6 Å². The van der Waals surface area contributed by atoms with Gasteiger partial charge in [0.15, 0.2) is 0 Å². The normalized spacial score (nSPS) is 13.0. The zero-order chi connectivity index (χ0) is 19.3. The predicted molar refractivity (Wildman–Crippen MR) is 116 cm³/mol. The Morgan fingerprint density at radius 2 is 1.77 bits per heavy atom. The van der Waals surface area contributed by atoms with E-state index < -0.39 is 7.92 Å². The smallest absolute Gasteiger partial charge is 0.129 e. The van der Waals surface area contributed by atoms with Gasteiger partial charge >= 0.3 is 0 Å². The number of pyridine rings is 2. The van der Waals surface area contributed by atoms with Gasteiger partial charge in [-0.25, -0.2) is 4.98 Å². The highest BCUT2D eigenvalue weighted by Crippen LogP contribution is 2.49. The van der Waals surface area contributed by atoms with Crippen LogP contribution in [-0.2, 0) is 6.42 Å². The van der Waals surface area contributed by atoms with Gasteiger partial charge in [-0.15, -0.1) is 0 Å². The highest BCUT2D eigenvalue weighted by Gasteiger charge is 2.31. The van der Waals surface area contributed by atoms with E-state index in [0.717, 1.165) is 18.7 Å². The van der Waals surface area contributed by atoms with Crippen LogP contribution in [-0.4, -0.2) is 28.7 Å². The summed E-state index contributed by atoms with van der Waals surface area (Å²) in [4.78, 5) is 8.86. The molecule has 5 heteroatoms. The Balaban J connectivity index is 2.51. The molecule has 26 heavy (non-hydrogen) atoms. The Kier molecular flexibility index (Phi) is 7.58. The first-order chi connectivity index (χ1) is 12.2. The Hall–Kier alpha value is -1.02. The minimum Gasteiger partial charge on any atom is -0.320 e. The molecule has 1 unspecified atom stereocenters. The molecule has 0 saturated carbocycles. The summed E-state index contributed by atoms with van der Waals surface area (Å²) in [5, 5.41) is 6.70. The van der Waals surface area contributed by atoms with Crippen LogP contribution < -0.4 is 15.9 Å². The highest BCUT2D eigenvalue weighted by molar-refractivity contribution is 7.74. The standard InChI is InChI=1S/C21H31ClN3P/c1-15-13-25-20(22)12-18(15)26(21(3,4)5)19-11-16(2)24-14-17(19)9-7-8-10-23-6/h11-14,23H,7-10H2,1-6H3. The Bertz CT molecular complexity index is 741. The number of nitrogens with zero attached hydrogens (tertiary/aromatic N) is 2. The molecular weight excluding hydrogens is 361 g/mol. The zero-order valence-electron chi connectivity index (χ0n) is 16.9. The summed E-state index contributed by atoms with van der Waals surface area (Å²) < 4.78 is 0. The van der Waals surface area contributed by atoms with E-state index in [-0.39, 0.29) is 5.16 Å². The summed E-state index contributed by atoms with van der Waals surface area (Å²) in [6.07, 6.45) is 7.40. The molecule has 2 aromatic heterocycles. The van der Waals surface area contributed by atoms with Crippen molar-refractivity contribution in [2.45, 2.75) is 59.0 Å². The van der Waals surface area contributed by atoms with E-state index in [1.807, 2.05) is 13.2 Å². The topological polar surface area (TPSA) is 37.8 Å². The maximum absolute atomic E-state index is 6.27. The van der Waals surface area contributed by atoms with Crippen LogP contribution in [0.3, 0.4) is 0 Å². The lowest BCUT2D eigenvalue weighted by molar-refractivity contribution is 0.677. The lowest BCUT2D eigenvalue weighted by Gasteiger charge is -2.34. The number of aryl methyl sites for hydroxylation is 3. The van der Waals surface area contributed by atoms with Crippen molar-refractivity contribution in [1.82, 2.24) is 15.3 Å². The van der Waals surface area contributed by atoms with Crippen molar-refractivity contribution in [3.63, 3.8) is 0 Å². The molecule has 2 heterocycles. The summed E-state index contributed by atoms with van der Waals surface area (Å²) in [6.45, 7) is 12.3. The third-order valence-corrected chi connectivity index (χ3v) is 7.83. The van der Waals surface area contributed by atoms with Crippen molar-refractivity contribution >= 4 is 30.1 Å². The number of nitrogens with one attached hydrogen (secondary N) is 1. The number of hydrogen-bond acceptors (Lipinski definition) is 3. The van der Waals surface area contributed by atoms with Crippen molar-refractivity contribution < 1.29 is 0 Å². The number of unbranched alkanes of at least 4 members (excludes halogenated alkanes) is 1. The van der Waals surface area contributed by atoms with Gasteiger partial charge in [0.05, 0.1) is 0 Å². The molecule has 0 aliphatic rings. The zero-order valence-corrected chi connectivity index (χ0v) is 18.5. The highest BCUT2D eigenvalue weighted by atomic mass is 35.5. The molecule has 1 atom stereocenters. The molecule has 0 bridgehead atoms. The van der Waals surface area contributed by atoms with E-state index in [1.165, 1.54) is 34.6 Å². The molecule has 0 aliphatic carbocycles. The van der Waals surface area contributed by atoms with Crippen LogP contribution in [0.2, 0.25) is 5.15 Å². The van der Waals surface area contributed by atoms with Crippen LogP contribution in [0.1, 0.15) is 50.4 Å². The van der Waals surface area contributed by atoms with Gasteiger partial charge in [-0.05, 0) is 93.6 Å². The Labute approximate surface area is 164 Å². The molecule has 2 rings (SSSR count). The molecule has 0 saturated heterocycles. The maximum atomic E-state index is 6.27. The monoisotopic (exact) mass is 391 g/mol. The van der Waals surface area contributed by atoms with Gasteiger partial charge in [0.1, 0.15) is 5.15 Å². The minimum atomic E-state index is -0.570. The summed E-state index contributed by atoms with van der Waals surface area (Å²) in [5.74, 6) is 0. The Morgan fingerprint density at radius 1 is 1.04 bits per heavy atom. The van der Waals surface area contributed by atoms with Crippen molar-refractivity contribution in [3.8, 4) is 0 Å². The number of aromatic nitrogens is 2. The van der Waals surface area contributed by atoms with Gasteiger partial charge in [-0.3, -0.25) is 4.98 Å². The predicted octanol–water partition coefficient (Wildman–Crippen LogP) is 4.52. The third-order valence-electron chi connectivity index (χ3n) is 4.42. The first-order valence-electron chi connectivity index (χ1n) is 9.26. The molecule has 0 amide bonds. The van der Waals surface area contributed by atoms with E-state index in [9.17, 15) is 0 Å². The van der Waals surface area contributed by atoms with Gasteiger partial charge in [0.25, 0.3) is 0 Å². The van der Waals surface area contributed by atoms with Crippen LogP contribution >= 0.6 is 19.5 Å². The van der Waals surface area contributed by atoms with Crippen LogP contribution in [0.25, 0.3) is 0 Å². The molecule has 0 spiro atoms. The van der Waals surface area contributed by atoms with E-state index in [4.69, 9.17) is 11.6 Å². The van der Waals surface area contributed by atoms with Crippen LogP contribution in [0, 0.1) is 13.8 Å². The molecule has 0 fully saturated rings. The molecule has 1 N–H and O–H groups in total. The average molecular weight is 392 g/mol. The first-order valence-corrected chi connectivity index (χ1v) is 11.0. The van der Waals surface area contributed by atoms with E-state index in [0.29, 0.717) is 5.15 Å². The van der Waals surface area contributed by atoms with Crippen molar-refractivity contribution in [2.24, 2.45) is 0 Å². The summed E-state index contributed by atoms with van der Waals surface area (Å²) in [5.41, 5.74) is 3.67. The van der Waals surface area contributed by atoms with E-state index in [1.54, 1.807) is 0 Å². The maximum Gasteiger partial charge on any atom is 0.129 e.